The maximum atomic E-state index is 11.7. The Hall–Kier alpha value is -2.41. The van der Waals surface area contributed by atoms with Crippen molar-refractivity contribution in [1.82, 2.24) is 24.6 Å². The summed E-state index contributed by atoms with van der Waals surface area (Å²) in [5, 5.41) is 5.73. The molecule has 0 bridgehead atoms. The molecule has 0 spiro atoms. The lowest BCUT2D eigenvalue weighted by Gasteiger charge is -1.91. The summed E-state index contributed by atoms with van der Waals surface area (Å²) in [5.74, 6) is 0. The van der Waals surface area contributed by atoms with Crippen LogP contribution in [0.4, 0.5) is 0 Å². The molecule has 0 aliphatic carbocycles. The van der Waals surface area contributed by atoms with Gasteiger partial charge in [0.2, 0.25) is 0 Å². The van der Waals surface area contributed by atoms with Gasteiger partial charge in [-0.05, 0) is 6.07 Å². The maximum Gasteiger partial charge on any atom is 0.371 e. The van der Waals surface area contributed by atoms with E-state index in [9.17, 15) is 4.79 Å². The molecule has 4 heterocycles. The molecule has 0 saturated carbocycles. The van der Waals surface area contributed by atoms with E-state index in [0.717, 1.165) is 15.5 Å². The molecule has 0 atom stereocenters. The van der Waals surface area contributed by atoms with Gasteiger partial charge >= 0.3 is 5.69 Å². The molecule has 0 aliphatic heterocycles. The second-order valence-corrected chi connectivity index (χ2v) is 4.77. The smallest absolute Gasteiger partial charge is 0.263 e. The first-order chi connectivity index (χ1) is 8.84. The first kappa shape index (κ1) is 9.60. The van der Waals surface area contributed by atoms with Crippen LogP contribution in [0.15, 0.2) is 35.6 Å². The first-order valence-electron chi connectivity index (χ1n) is 5.21. The van der Waals surface area contributed by atoms with Crippen molar-refractivity contribution >= 4 is 37.3 Å². The van der Waals surface area contributed by atoms with Gasteiger partial charge in [-0.2, -0.15) is 14.6 Å². The zero-order chi connectivity index (χ0) is 12.1. The third-order valence-corrected chi connectivity index (χ3v) is 3.77. The fourth-order valence-corrected chi connectivity index (χ4v) is 3.02. The molecule has 0 fully saturated rings. The average molecular weight is 255 g/mol. The third kappa shape index (κ3) is 1.13. The lowest BCUT2D eigenvalue weighted by atomic mass is 10.2. The number of thiophene rings is 1. The number of hydrogen-bond acceptors (Lipinski definition) is 6. The summed E-state index contributed by atoms with van der Waals surface area (Å²) in [6.45, 7) is 0. The van der Waals surface area contributed by atoms with Crippen LogP contribution in [0.3, 0.4) is 0 Å². The van der Waals surface area contributed by atoms with Crippen LogP contribution in [0.2, 0.25) is 0 Å². The van der Waals surface area contributed by atoms with Crippen molar-refractivity contribution in [2.24, 2.45) is 0 Å². The predicted molar refractivity (Wildman–Crippen MR) is 67.7 cm³/mol. The highest BCUT2D eigenvalue weighted by Gasteiger charge is 2.13. The molecule has 0 aliphatic rings. The molecule has 6 nitrogen and oxygen atoms in total. The Bertz CT molecular complexity index is 958. The molecule has 0 aromatic carbocycles. The number of hydrogen-bond donors (Lipinski definition) is 0. The Morgan fingerprint density at radius 1 is 1.33 bits per heavy atom. The van der Waals surface area contributed by atoms with Crippen LogP contribution < -0.4 is 5.69 Å². The normalized spacial score (nSPS) is 11.6. The standard InChI is InChI=1S/C11H5N5OS/c17-11-15-10-8(9-13-5-14-16(9)11)6-2-1-3-12-4-7(6)18-10/h1-5H. The summed E-state index contributed by atoms with van der Waals surface area (Å²) in [6.07, 6.45) is 4.84. The third-order valence-electron chi connectivity index (χ3n) is 2.73. The molecule has 0 amide bonds. The summed E-state index contributed by atoms with van der Waals surface area (Å²) in [4.78, 5) is 24.7. The molecule has 0 radical (unpaired) electrons. The van der Waals surface area contributed by atoms with Gasteiger partial charge in [-0.15, -0.1) is 11.3 Å². The Kier molecular flexibility index (Phi) is 1.76. The van der Waals surface area contributed by atoms with E-state index in [2.05, 4.69) is 20.1 Å². The molecule has 7 heteroatoms. The van der Waals surface area contributed by atoms with Crippen LogP contribution >= 0.6 is 11.3 Å². The Morgan fingerprint density at radius 3 is 3.22 bits per heavy atom. The van der Waals surface area contributed by atoms with Crippen LogP contribution in [0, 0.1) is 0 Å². The first-order valence-corrected chi connectivity index (χ1v) is 6.02. The van der Waals surface area contributed by atoms with E-state index in [-0.39, 0.29) is 0 Å². The van der Waals surface area contributed by atoms with E-state index in [1.54, 1.807) is 12.4 Å². The van der Waals surface area contributed by atoms with Gasteiger partial charge in [0, 0.05) is 17.8 Å². The number of nitrogens with zero attached hydrogens (tertiary/aromatic N) is 5. The van der Waals surface area contributed by atoms with Gasteiger partial charge in [0.05, 0.1) is 10.1 Å². The van der Waals surface area contributed by atoms with Crippen molar-refractivity contribution in [3.8, 4) is 0 Å². The van der Waals surface area contributed by atoms with Crippen LogP contribution in [0.25, 0.3) is 25.9 Å². The minimum atomic E-state index is -0.404. The monoisotopic (exact) mass is 255 g/mol. The van der Waals surface area contributed by atoms with E-state index in [1.807, 2.05) is 12.1 Å². The van der Waals surface area contributed by atoms with Gasteiger partial charge in [-0.3, -0.25) is 4.98 Å². The molecule has 86 valence electrons. The zero-order valence-electron chi connectivity index (χ0n) is 8.94. The van der Waals surface area contributed by atoms with E-state index in [1.165, 1.54) is 22.2 Å². The topological polar surface area (TPSA) is 73.0 Å². The largest absolute Gasteiger partial charge is 0.371 e. The van der Waals surface area contributed by atoms with Crippen molar-refractivity contribution in [2.75, 3.05) is 0 Å². The molecule has 4 rings (SSSR count). The molecule has 0 N–H and O–H groups in total. The summed E-state index contributed by atoms with van der Waals surface area (Å²) in [6, 6.07) is 3.80. The van der Waals surface area contributed by atoms with Crippen molar-refractivity contribution in [3.63, 3.8) is 0 Å². The van der Waals surface area contributed by atoms with Crippen molar-refractivity contribution < 1.29 is 0 Å². The maximum absolute atomic E-state index is 11.7. The Morgan fingerprint density at radius 2 is 2.28 bits per heavy atom. The lowest BCUT2D eigenvalue weighted by molar-refractivity contribution is 0.884. The van der Waals surface area contributed by atoms with Crippen LogP contribution in [0.1, 0.15) is 0 Å². The van der Waals surface area contributed by atoms with Crippen molar-refractivity contribution in [1.29, 1.82) is 0 Å². The average Bonchev–Trinajstić information content (AvgIpc) is 2.89. The molecule has 4 aromatic heterocycles. The highest BCUT2D eigenvalue weighted by Crippen LogP contribution is 2.32. The van der Waals surface area contributed by atoms with E-state index in [0.29, 0.717) is 10.5 Å². The summed E-state index contributed by atoms with van der Waals surface area (Å²) in [7, 11) is 0. The summed E-state index contributed by atoms with van der Waals surface area (Å²) < 4.78 is 2.19. The second kappa shape index (κ2) is 3.30. The molecule has 0 unspecified atom stereocenters. The number of rotatable bonds is 0. The summed E-state index contributed by atoms with van der Waals surface area (Å²) in [5.41, 5.74) is 0.140. The lowest BCUT2D eigenvalue weighted by Crippen LogP contribution is -2.16. The highest BCUT2D eigenvalue weighted by molar-refractivity contribution is 7.25. The van der Waals surface area contributed by atoms with Gasteiger partial charge in [0.15, 0.2) is 5.65 Å². The fraction of sp³-hybridized carbons (Fsp3) is 0. The number of fused-ring (bicyclic) bond motifs is 5. The van der Waals surface area contributed by atoms with Gasteiger partial charge < -0.3 is 0 Å². The predicted octanol–water partition coefficient (Wildman–Crippen LogP) is 1.25. The Balaban J connectivity index is 2.43. The van der Waals surface area contributed by atoms with E-state index in [4.69, 9.17) is 0 Å². The zero-order valence-corrected chi connectivity index (χ0v) is 9.76. The van der Waals surface area contributed by atoms with Gasteiger partial charge in [0.1, 0.15) is 11.2 Å². The highest BCUT2D eigenvalue weighted by atomic mass is 32.1. The molecule has 18 heavy (non-hydrogen) atoms. The molecule has 4 aromatic rings. The quantitative estimate of drug-likeness (QED) is 0.473. The molecular weight excluding hydrogens is 250 g/mol. The minimum absolute atomic E-state index is 0.404. The van der Waals surface area contributed by atoms with Crippen LogP contribution in [-0.2, 0) is 0 Å². The summed E-state index contributed by atoms with van der Waals surface area (Å²) >= 11 is 1.43. The number of aromatic nitrogens is 5. The molecular formula is C11H5N5OS. The van der Waals surface area contributed by atoms with Crippen LogP contribution in [0.5, 0.6) is 0 Å². The van der Waals surface area contributed by atoms with Gasteiger partial charge in [-0.25, -0.2) is 9.78 Å². The van der Waals surface area contributed by atoms with Gasteiger partial charge in [-0.1, -0.05) is 6.07 Å². The molecule has 0 saturated heterocycles. The van der Waals surface area contributed by atoms with Crippen molar-refractivity contribution in [3.05, 3.63) is 41.3 Å². The van der Waals surface area contributed by atoms with Crippen molar-refractivity contribution in [2.45, 2.75) is 0 Å². The Labute approximate surface area is 104 Å². The van der Waals surface area contributed by atoms with Gasteiger partial charge in [0.25, 0.3) is 0 Å². The fourth-order valence-electron chi connectivity index (χ4n) is 1.99. The second-order valence-electron chi connectivity index (χ2n) is 3.74. The van der Waals surface area contributed by atoms with E-state index < -0.39 is 5.69 Å². The SMILES string of the molecule is O=c1nc2sc3cncccc3c2c2ncnn12. The van der Waals surface area contributed by atoms with E-state index >= 15 is 0 Å². The van der Waals surface area contributed by atoms with Crippen LogP contribution in [-0.4, -0.2) is 24.6 Å². The minimum Gasteiger partial charge on any atom is -0.263 e.